The molecule has 27 heavy (non-hydrogen) atoms. The van der Waals surface area contributed by atoms with Crippen LogP contribution in [0.2, 0.25) is 5.02 Å². The van der Waals surface area contributed by atoms with Crippen molar-refractivity contribution >= 4 is 29.1 Å². The molecule has 6 nitrogen and oxygen atoms in total. The molecule has 1 saturated heterocycles. The van der Waals surface area contributed by atoms with E-state index in [0.29, 0.717) is 34.2 Å². The summed E-state index contributed by atoms with van der Waals surface area (Å²) in [6.07, 6.45) is 2.19. The Balaban J connectivity index is 1.75. The SMILES string of the molecule is CO[C@@H]1C[C@H]2CN(C(=O)c3cc(NC(C)=O)ccc3Cl)C[C@H]2C[C@H]1N(C)C. The van der Waals surface area contributed by atoms with E-state index < -0.39 is 0 Å². The van der Waals surface area contributed by atoms with Crippen molar-refractivity contribution in [1.29, 1.82) is 0 Å². The van der Waals surface area contributed by atoms with Gasteiger partial charge in [-0.15, -0.1) is 0 Å². The molecule has 0 unspecified atom stereocenters. The van der Waals surface area contributed by atoms with E-state index in [2.05, 4.69) is 24.3 Å². The molecule has 7 heteroatoms. The van der Waals surface area contributed by atoms with Crippen LogP contribution < -0.4 is 5.32 Å². The normalized spacial score (nSPS) is 27.6. The first kappa shape index (κ1) is 20.1. The van der Waals surface area contributed by atoms with Gasteiger partial charge in [0.1, 0.15) is 0 Å². The number of halogens is 1. The molecular formula is C20H28ClN3O3. The molecule has 1 aliphatic heterocycles. The van der Waals surface area contributed by atoms with Crippen LogP contribution in [0.25, 0.3) is 0 Å². The number of benzene rings is 1. The molecule has 2 fully saturated rings. The summed E-state index contributed by atoms with van der Waals surface area (Å²) in [5, 5.41) is 3.12. The van der Waals surface area contributed by atoms with Crippen LogP contribution in [-0.4, -0.2) is 68.1 Å². The van der Waals surface area contributed by atoms with Crippen LogP contribution in [0.3, 0.4) is 0 Å². The molecule has 0 aromatic heterocycles. The van der Waals surface area contributed by atoms with E-state index in [0.717, 1.165) is 25.9 Å². The molecule has 4 atom stereocenters. The van der Waals surface area contributed by atoms with E-state index in [9.17, 15) is 9.59 Å². The van der Waals surface area contributed by atoms with Crippen molar-refractivity contribution in [2.45, 2.75) is 31.9 Å². The van der Waals surface area contributed by atoms with Crippen LogP contribution in [0.5, 0.6) is 0 Å². The lowest BCUT2D eigenvalue weighted by atomic mass is 9.77. The van der Waals surface area contributed by atoms with E-state index in [4.69, 9.17) is 16.3 Å². The number of fused-ring (bicyclic) bond motifs is 1. The van der Waals surface area contributed by atoms with Crippen LogP contribution in [0, 0.1) is 11.8 Å². The second-order valence-corrected chi connectivity index (χ2v) is 8.29. The molecule has 2 amide bonds. The van der Waals surface area contributed by atoms with Crippen molar-refractivity contribution in [3.8, 4) is 0 Å². The number of ether oxygens (including phenoxy) is 1. The summed E-state index contributed by atoms with van der Waals surface area (Å²) in [7, 11) is 5.94. The van der Waals surface area contributed by atoms with E-state index in [1.54, 1.807) is 25.3 Å². The summed E-state index contributed by atoms with van der Waals surface area (Å²) in [5.74, 6) is 0.678. The fraction of sp³-hybridized carbons (Fsp3) is 0.600. The quantitative estimate of drug-likeness (QED) is 0.854. The monoisotopic (exact) mass is 393 g/mol. The highest BCUT2D eigenvalue weighted by Crippen LogP contribution is 2.39. The lowest BCUT2D eigenvalue weighted by Gasteiger charge is -2.40. The van der Waals surface area contributed by atoms with E-state index in [1.807, 2.05) is 4.90 Å². The van der Waals surface area contributed by atoms with E-state index in [1.165, 1.54) is 6.92 Å². The second kappa shape index (κ2) is 8.17. The third kappa shape index (κ3) is 4.28. The molecule has 0 bridgehead atoms. The predicted molar refractivity (Wildman–Crippen MR) is 106 cm³/mol. The Labute approximate surface area is 165 Å². The van der Waals surface area contributed by atoms with Gasteiger partial charge in [0.2, 0.25) is 5.91 Å². The van der Waals surface area contributed by atoms with Gasteiger partial charge in [-0.25, -0.2) is 0 Å². The Hall–Kier alpha value is -1.63. The van der Waals surface area contributed by atoms with Crippen molar-refractivity contribution in [3.05, 3.63) is 28.8 Å². The van der Waals surface area contributed by atoms with Crippen molar-refractivity contribution in [2.75, 3.05) is 39.6 Å². The van der Waals surface area contributed by atoms with Crippen LogP contribution in [0.1, 0.15) is 30.1 Å². The van der Waals surface area contributed by atoms with Gasteiger partial charge in [0.25, 0.3) is 5.91 Å². The molecule has 148 valence electrons. The summed E-state index contributed by atoms with van der Waals surface area (Å²) in [5.41, 5.74) is 1.02. The van der Waals surface area contributed by atoms with E-state index in [-0.39, 0.29) is 17.9 Å². The lowest BCUT2D eigenvalue weighted by Crippen LogP contribution is -2.47. The molecular weight excluding hydrogens is 366 g/mol. The summed E-state index contributed by atoms with van der Waals surface area (Å²) < 4.78 is 5.72. The smallest absolute Gasteiger partial charge is 0.255 e. The van der Waals surface area contributed by atoms with Gasteiger partial charge in [-0.3, -0.25) is 9.59 Å². The maximum atomic E-state index is 13.1. The van der Waals surface area contributed by atoms with Gasteiger partial charge < -0.3 is 19.9 Å². The lowest BCUT2D eigenvalue weighted by molar-refractivity contribution is -0.114. The third-order valence-corrected chi connectivity index (χ3v) is 6.18. The average Bonchev–Trinajstić information content (AvgIpc) is 3.04. The molecule has 2 aliphatic rings. The molecule has 3 rings (SSSR count). The van der Waals surface area contributed by atoms with Gasteiger partial charge in [-0.2, -0.15) is 0 Å². The predicted octanol–water partition coefficient (Wildman–Crippen LogP) is 2.73. The zero-order chi connectivity index (χ0) is 19.7. The van der Waals surface area contributed by atoms with Gasteiger partial charge >= 0.3 is 0 Å². The fourth-order valence-electron chi connectivity index (χ4n) is 4.49. The summed E-state index contributed by atoms with van der Waals surface area (Å²) >= 11 is 6.28. The van der Waals surface area contributed by atoms with Crippen LogP contribution in [0.4, 0.5) is 5.69 Å². The Bertz CT molecular complexity index is 724. The first-order valence-electron chi connectivity index (χ1n) is 9.35. The molecule has 1 heterocycles. The highest BCUT2D eigenvalue weighted by molar-refractivity contribution is 6.34. The summed E-state index contributed by atoms with van der Waals surface area (Å²) in [6, 6.07) is 5.40. The zero-order valence-electron chi connectivity index (χ0n) is 16.4. The highest BCUT2D eigenvalue weighted by atomic mass is 35.5. The number of carbonyl (C=O) groups excluding carboxylic acids is 2. The number of rotatable bonds is 4. The molecule has 1 aliphatic carbocycles. The first-order chi connectivity index (χ1) is 12.8. The topological polar surface area (TPSA) is 61.9 Å². The number of nitrogens with one attached hydrogen (secondary N) is 1. The third-order valence-electron chi connectivity index (χ3n) is 5.86. The Morgan fingerprint density at radius 1 is 1.22 bits per heavy atom. The minimum absolute atomic E-state index is 0.0722. The first-order valence-corrected chi connectivity index (χ1v) is 9.73. The maximum Gasteiger partial charge on any atom is 0.255 e. The van der Waals surface area contributed by atoms with Gasteiger partial charge in [-0.05, 0) is 57.0 Å². The van der Waals surface area contributed by atoms with E-state index >= 15 is 0 Å². The molecule has 1 aromatic rings. The Morgan fingerprint density at radius 3 is 2.48 bits per heavy atom. The standard InChI is InChI=1S/C20H28ClN3O3/c1-12(25)22-15-5-6-17(21)16(9-15)20(26)24-10-13-7-18(23(2)3)19(27-4)8-14(13)11-24/h5-6,9,13-14,18-19H,7-8,10-11H2,1-4H3,(H,22,25)/t13-,14+,18-,19-/m1/s1. The van der Waals surface area contributed by atoms with Crippen LogP contribution >= 0.6 is 11.6 Å². The van der Waals surface area contributed by atoms with Crippen molar-refractivity contribution in [3.63, 3.8) is 0 Å². The number of likely N-dealkylation sites (tertiary alicyclic amines) is 1. The minimum Gasteiger partial charge on any atom is -0.380 e. The fourth-order valence-corrected chi connectivity index (χ4v) is 4.69. The van der Waals surface area contributed by atoms with Gasteiger partial charge in [0.05, 0.1) is 16.7 Å². The molecule has 1 saturated carbocycles. The minimum atomic E-state index is -0.178. The Kier molecular flexibility index (Phi) is 6.08. The second-order valence-electron chi connectivity index (χ2n) is 7.88. The van der Waals surface area contributed by atoms with Gasteiger partial charge in [0, 0.05) is 38.9 Å². The number of methoxy groups -OCH3 is 1. The van der Waals surface area contributed by atoms with Gasteiger partial charge in [-0.1, -0.05) is 11.6 Å². The number of nitrogens with zero attached hydrogens (tertiary/aromatic N) is 2. The van der Waals surface area contributed by atoms with Crippen LogP contribution in [-0.2, 0) is 9.53 Å². The zero-order valence-corrected chi connectivity index (χ0v) is 17.1. The number of likely N-dealkylation sites (N-methyl/N-ethyl adjacent to an activating group) is 1. The van der Waals surface area contributed by atoms with Crippen molar-refractivity contribution in [1.82, 2.24) is 9.80 Å². The number of hydrogen-bond donors (Lipinski definition) is 1. The number of anilines is 1. The largest absolute Gasteiger partial charge is 0.380 e. The molecule has 0 radical (unpaired) electrons. The number of amides is 2. The Morgan fingerprint density at radius 2 is 1.89 bits per heavy atom. The van der Waals surface area contributed by atoms with Gasteiger partial charge in [0.15, 0.2) is 0 Å². The molecule has 1 N–H and O–H groups in total. The number of carbonyl (C=O) groups is 2. The van der Waals surface area contributed by atoms with Crippen LogP contribution in [0.15, 0.2) is 18.2 Å². The molecule has 1 aromatic carbocycles. The number of hydrogen-bond acceptors (Lipinski definition) is 4. The summed E-state index contributed by atoms with van der Waals surface area (Å²) in [4.78, 5) is 28.5. The van der Waals surface area contributed by atoms with Crippen molar-refractivity contribution in [2.24, 2.45) is 11.8 Å². The highest BCUT2D eigenvalue weighted by Gasteiger charge is 2.44. The van der Waals surface area contributed by atoms with Crippen molar-refractivity contribution < 1.29 is 14.3 Å². The summed E-state index contributed by atoms with van der Waals surface area (Å²) in [6.45, 7) is 2.91. The maximum absolute atomic E-state index is 13.1. The average molecular weight is 394 g/mol. The molecule has 0 spiro atoms.